The van der Waals surface area contributed by atoms with Gasteiger partial charge in [0.1, 0.15) is 5.76 Å². The maximum absolute atomic E-state index is 12.5. The summed E-state index contributed by atoms with van der Waals surface area (Å²) < 4.78 is 5.46. The zero-order chi connectivity index (χ0) is 17.3. The SMILES string of the molecule is CNC(=O)c1ccc(CN(C)C(=O)[C@@H]2C[C@H]2c2ccc(Cl)cc2)o1. The third-order valence-electron chi connectivity index (χ3n) is 4.29. The van der Waals surface area contributed by atoms with Crippen LogP contribution in [0.4, 0.5) is 0 Å². The van der Waals surface area contributed by atoms with Crippen LogP contribution in [0.15, 0.2) is 40.8 Å². The molecule has 2 amide bonds. The Hall–Kier alpha value is -2.27. The van der Waals surface area contributed by atoms with Gasteiger partial charge in [0.15, 0.2) is 5.76 Å². The van der Waals surface area contributed by atoms with Gasteiger partial charge in [-0.05, 0) is 42.2 Å². The molecule has 5 nitrogen and oxygen atoms in total. The van der Waals surface area contributed by atoms with Crippen molar-refractivity contribution in [1.29, 1.82) is 0 Å². The summed E-state index contributed by atoms with van der Waals surface area (Å²) in [5.74, 6) is 0.916. The second kappa shape index (κ2) is 6.69. The molecule has 1 aliphatic carbocycles. The van der Waals surface area contributed by atoms with Crippen molar-refractivity contribution in [3.05, 3.63) is 58.5 Å². The fourth-order valence-electron chi connectivity index (χ4n) is 2.85. The van der Waals surface area contributed by atoms with E-state index in [1.807, 2.05) is 24.3 Å². The number of hydrogen-bond acceptors (Lipinski definition) is 3. The summed E-state index contributed by atoms with van der Waals surface area (Å²) in [7, 11) is 3.30. The van der Waals surface area contributed by atoms with Crippen LogP contribution in [0, 0.1) is 5.92 Å². The fourth-order valence-corrected chi connectivity index (χ4v) is 2.98. The Kier molecular flexibility index (Phi) is 4.62. The van der Waals surface area contributed by atoms with E-state index in [0.717, 1.165) is 12.0 Å². The number of halogens is 1. The predicted molar refractivity (Wildman–Crippen MR) is 90.9 cm³/mol. The highest BCUT2D eigenvalue weighted by atomic mass is 35.5. The highest BCUT2D eigenvalue weighted by Crippen LogP contribution is 2.48. The molecule has 1 heterocycles. The van der Waals surface area contributed by atoms with Crippen LogP contribution in [0.1, 0.15) is 34.2 Å². The van der Waals surface area contributed by atoms with Gasteiger partial charge in [-0.15, -0.1) is 0 Å². The first-order valence-electron chi connectivity index (χ1n) is 7.81. The third kappa shape index (κ3) is 3.46. The lowest BCUT2D eigenvalue weighted by Crippen LogP contribution is -2.27. The number of carbonyl (C=O) groups excluding carboxylic acids is 2. The smallest absolute Gasteiger partial charge is 0.286 e. The lowest BCUT2D eigenvalue weighted by Gasteiger charge is -2.15. The molecule has 1 aliphatic rings. The van der Waals surface area contributed by atoms with Gasteiger partial charge in [-0.1, -0.05) is 23.7 Å². The Balaban J connectivity index is 1.59. The Bertz CT molecular complexity index is 754. The third-order valence-corrected chi connectivity index (χ3v) is 4.54. The second-order valence-corrected chi connectivity index (χ2v) is 6.48. The molecule has 0 saturated heterocycles. The molecule has 24 heavy (non-hydrogen) atoms. The van der Waals surface area contributed by atoms with Gasteiger partial charge >= 0.3 is 0 Å². The summed E-state index contributed by atoms with van der Waals surface area (Å²) in [5.41, 5.74) is 1.14. The molecule has 1 saturated carbocycles. The van der Waals surface area contributed by atoms with E-state index in [4.69, 9.17) is 16.0 Å². The quantitative estimate of drug-likeness (QED) is 0.905. The highest BCUT2D eigenvalue weighted by molar-refractivity contribution is 6.30. The molecule has 0 unspecified atom stereocenters. The summed E-state index contributed by atoms with van der Waals surface area (Å²) >= 11 is 5.90. The number of rotatable bonds is 5. The van der Waals surface area contributed by atoms with Gasteiger partial charge in [0.25, 0.3) is 5.91 Å². The largest absolute Gasteiger partial charge is 0.454 e. The lowest BCUT2D eigenvalue weighted by molar-refractivity contribution is -0.132. The molecule has 1 fully saturated rings. The summed E-state index contributed by atoms with van der Waals surface area (Å²) in [5, 5.41) is 3.20. The minimum atomic E-state index is -0.278. The van der Waals surface area contributed by atoms with Crippen LogP contribution >= 0.6 is 11.6 Å². The zero-order valence-corrected chi connectivity index (χ0v) is 14.3. The first-order valence-corrected chi connectivity index (χ1v) is 8.18. The average molecular weight is 347 g/mol. The van der Waals surface area contributed by atoms with Crippen LogP contribution in [0.25, 0.3) is 0 Å². The van der Waals surface area contributed by atoms with E-state index in [-0.39, 0.29) is 29.4 Å². The summed E-state index contributed by atoms with van der Waals surface area (Å²) in [6.07, 6.45) is 0.854. The molecule has 2 aromatic rings. The molecule has 3 rings (SSSR count). The normalized spacial score (nSPS) is 19.0. The lowest BCUT2D eigenvalue weighted by atomic mass is 10.1. The van der Waals surface area contributed by atoms with E-state index in [9.17, 15) is 9.59 Å². The standard InChI is InChI=1S/C18H19ClN2O3/c1-20-17(22)16-8-7-13(24-16)10-21(2)18(23)15-9-14(15)11-3-5-12(19)6-4-11/h3-8,14-15H,9-10H2,1-2H3,(H,20,22)/t14-,15+/m0/s1. The van der Waals surface area contributed by atoms with E-state index < -0.39 is 0 Å². The van der Waals surface area contributed by atoms with Crippen molar-refractivity contribution < 1.29 is 14.0 Å². The van der Waals surface area contributed by atoms with Crippen molar-refractivity contribution in [2.45, 2.75) is 18.9 Å². The molecule has 1 N–H and O–H groups in total. The molecular weight excluding hydrogens is 328 g/mol. The molecule has 0 aliphatic heterocycles. The van der Waals surface area contributed by atoms with Gasteiger partial charge in [0, 0.05) is 25.0 Å². The van der Waals surface area contributed by atoms with Crippen molar-refractivity contribution in [2.24, 2.45) is 5.92 Å². The maximum Gasteiger partial charge on any atom is 0.286 e. The number of furan rings is 1. The summed E-state index contributed by atoms with van der Waals surface area (Å²) in [4.78, 5) is 25.7. The van der Waals surface area contributed by atoms with Crippen molar-refractivity contribution in [1.82, 2.24) is 10.2 Å². The van der Waals surface area contributed by atoms with Crippen LogP contribution in [-0.4, -0.2) is 30.8 Å². The van der Waals surface area contributed by atoms with Crippen LogP contribution in [0.3, 0.4) is 0 Å². The molecule has 0 spiro atoms. The number of carbonyl (C=O) groups is 2. The molecule has 0 radical (unpaired) electrons. The predicted octanol–water partition coefficient (Wildman–Crippen LogP) is 3.05. The van der Waals surface area contributed by atoms with Gasteiger partial charge in [0.2, 0.25) is 5.91 Å². The highest BCUT2D eigenvalue weighted by Gasteiger charge is 2.45. The van der Waals surface area contributed by atoms with Crippen LogP contribution in [0.2, 0.25) is 5.02 Å². The van der Waals surface area contributed by atoms with Crippen molar-refractivity contribution >= 4 is 23.4 Å². The molecular formula is C18H19ClN2O3. The van der Waals surface area contributed by atoms with Gasteiger partial charge in [-0.25, -0.2) is 0 Å². The Labute approximate surface area is 145 Å². The second-order valence-electron chi connectivity index (χ2n) is 6.04. The zero-order valence-electron chi connectivity index (χ0n) is 13.6. The topological polar surface area (TPSA) is 62.6 Å². The number of hydrogen-bond donors (Lipinski definition) is 1. The Morgan fingerprint density at radius 1 is 1.25 bits per heavy atom. The van der Waals surface area contributed by atoms with Crippen LogP contribution in [0.5, 0.6) is 0 Å². The van der Waals surface area contributed by atoms with Gasteiger partial charge in [-0.2, -0.15) is 0 Å². The molecule has 1 aromatic heterocycles. The van der Waals surface area contributed by atoms with Crippen molar-refractivity contribution in [3.63, 3.8) is 0 Å². The summed E-state index contributed by atoms with van der Waals surface area (Å²) in [6, 6.07) is 11.0. The van der Waals surface area contributed by atoms with E-state index >= 15 is 0 Å². The fraction of sp³-hybridized carbons (Fsp3) is 0.333. The van der Waals surface area contributed by atoms with Gasteiger partial charge in [0.05, 0.1) is 6.54 Å². The summed E-state index contributed by atoms with van der Waals surface area (Å²) in [6.45, 7) is 0.347. The number of benzene rings is 1. The monoisotopic (exact) mass is 346 g/mol. The van der Waals surface area contributed by atoms with E-state index in [2.05, 4.69) is 5.32 Å². The number of nitrogens with one attached hydrogen (secondary N) is 1. The van der Waals surface area contributed by atoms with E-state index in [1.54, 1.807) is 31.1 Å². The van der Waals surface area contributed by atoms with Crippen LogP contribution in [-0.2, 0) is 11.3 Å². The van der Waals surface area contributed by atoms with Gasteiger partial charge in [-0.3, -0.25) is 9.59 Å². The minimum absolute atomic E-state index is 0.00421. The van der Waals surface area contributed by atoms with Crippen molar-refractivity contribution in [3.8, 4) is 0 Å². The molecule has 1 aromatic carbocycles. The maximum atomic E-state index is 12.5. The first kappa shape index (κ1) is 16.6. The van der Waals surface area contributed by atoms with Crippen molar-refractivity contribution in [2.75, 3.05) is 14.1 Å². The number of amides is 2. The Morgan fingerprint density at radius 3 is 2.62 bits per heavy atom. The van der Waals surface area contributed by atoms with E-state index in [0.29, 0.717) is 17.3 Å². The molecule has 6 heteroatoms. The average Bonchev–Trinajstić information content (AvgIpc) is 3.25. The number of nitrogens with zero attached hydrogens (tertiary/aromatic N) is 1. The van der Waals surface area contributed by atoms with E-state index in [1.165, 1.54) is 0 Å². The molecule has 126 valence electrons. The Morgan fingerprint density at radius 2 is 1.96 bits per heavy atom. The molecule has 2 atom stereocenters. The van der Waals surface area contributed by atoms with Gasteiger partial charge < -0.3 is 14.6 Å². The van der Waals surface area contributed by atoms with Crippen LogP contribution < -0.4 is 5.32 Å². The first-order chi connectivity index (χ1) is 11.5. The molecule has 0 bridgehead atoms. The minimum Gasteiger partial charge on any atom is -0.454 e.